The number of hydrogen-bond acceptors (Lipinski definition) is 3. The van der Waals surface area contributed by atoms with E-state index in [0.29, 0.717) is 10.6 Å². The Hall–Kier alpha value is -1.10. The third-order valence-electron chi connectivity index (χ3n) is 2.31. The number of hydrogen-bond donors (Lipinski definition) is 3. The van der Waals surface area contributed by atoms with Gasteiger partial charge >= 0.3 is 0 Å². The zero-order valence-electron chi connectivity index (χ0n) is 9.56. The molecule has 2 atom stereocenters. The molecule has 2 unspecified atom stereocenters. The van der Waals surface area contributed by atoms with Crippen LogP contribution in [-0.2, 0) is 4.79 Å². The monoisotopic (exact) mass is 257 g/mol. The minimum absolute atomic E-state index is 0.0357. The van der Waals surface area contributed by atoms with Gasteiger partial charge in [-0.2, -0.15) is 0 Å². The Balaban J connectivity index is 2.51. The molecule has 17 heavy (non-hydrogen) atoms. The van der Waals surface area contributed by atoms with Gasteiger partial charge in [-0.15, -0.1) is 0 Å². The number of rotatable bonds is 5. The molecule has 0 spiro atoms. The fourth-order valence-corrected chi connectivity index (χ4v) is 1.48. The van der Waals surface area contributed by atoms with Crippen LogP contribution in [-0.4, -0.2) is 28.8 Å². The second-order valence-corrected chi connectivity index (χ2v) is 4.36. The van der Waals surface area contributed by atoms with Crippen molar-refractivity contribution in [1.82, 2.24) is 5.32 Å². The Morgan fingerprint density at radius 1 is 1.41 bits per heavy atom. The minimum Gasteiger partial charge on any atom is -0.394 e. The van der Waals surface area contributed by atoms with Crippen LogP contribution in [0.15, 0.2) is 24.3 Å². The highest BCUT2D eigenvalue weighted by atomic mass is 35.5. The lowest BCUT2D eigenvalue weighted by atomic mass is 10.1. The molecule has 0 aliphatic rings. The summed E-state index contributed by atoms with van der Waals surface area (Å²) >= 11 is 5.72. The van der Waals surface area contributed by atoms with Crippen LogP contribution in [0.1, 0.15) is 25.0 Å². The van der Waals surface area contributed by atoms with Crippen molar-refractivity contribution >= 4 is 17.5 Å². The lowest BCUT2D eigenvalue weighted by Gasteiger charge is -2.14. The molecule has 0 radical (unpaired) electrons. The van der Waals surface area contributed by atoms with Crippen LogP contribution in [0.3, 0.4) is 0 Å². The zero-order chi connectivity index (χ0) is 12.8. The van der Waals surface area contributed by atoms with Gasteiger partial charge in [0, 0.05) is 11.1 Å². The fourth-order valence-electron chi connectivity index (χ4n) is 1.36. The van der Waals surface area contributed by atoms with E-state index in [1.165, 1.54) is 0 Å². The maximum absolute atomic E-state index is 11.5. The Bertz CT molecular complexity index is 367. The van der Waals surface area contributed by atoms with Crippen LogP contribution >= 0.6 is 11.6 Å². The summed E-state index contributed by atoms with van der Waals surface area (Å²) in [6.07, 6.45) is -0.899. The van der Waals surface area contributed by atoms with Crippen LogP contribution in [0.4, 0.5) is 0 Å². The standard InChI is InChI=1S/C12H16ClNO3/c1-8(7-15)14-12(17)6-11(16)9-2-4-10(13)5-3-9/h2-5,8,11,15-16H,6-7H2,1H3,(H,14,17). The molecule has 0 aliphatic heterocycles. The lowest BCUT2D eigenvalue weighted by Crippen LogP contribution is -2.35. The van der Waals surface area contributed by atoms with Crippen LogP contribution in [0.5, 0.6) is 0 Å². The van der Waals surface area contributed by atoms with Crippen molar-refractivity contribution in [2.75, 3.05) is 6.61 Å². The quantitative estimate of drug-likeness (QED) is 0.744. The summed E-state index contributed by atoms with van der Waals surface area (Å²) in [5, 5.41) is 21.7. The zero-order valence-corrected chi connectivity index (χ0v) is 10.3. The van der Waals surface area contributed by atoms with Crippen molar-refractivity contribution in [3.8, 4) is 0 Å². The molecule has 1 aromatic rings. The van der Waals surface area contributed by atoms with Crippen molar-refractivity contribution in [2.45, 2.75) is 25.5 Å². The van der Waals surface area contributed by atoms with Gasteiger partial charge in [0.25, 0.3) is 0 Å². The largest absolute Gasteiger partial charge is 0.394 e. The molecule has 0 aromatic heterocycles. The molecule has 0 bridgehead atoms. The van der Waals surface area contributed by atoms with Gasteiger partial charge in [-0.25, -0.2) is 0 Å². The maximum Gasteiger partial charge on any atom is 0.223 e. The average Bonchev–Trinajstić information content (AvgIpc) is 2.29. The van der Waals surface area contributed by atoms with E-state index in [1.807, 2.05) is 0 Å². The van der Waals surface area contributed by atoms with E-state index < -0.39 is 6.10 Å². The normalized spacial score (nSPS) is 14.1. The maximum atomic E-state index is 11.5. The molecule has 0 heterocycles. The second-order valence-electron chi connectivity index (χ2n) is 3.92. The van der Waals surface area contributed by atoms with Gasteiger partial charge in [-0.3, -0.25) is 4.79 Å². The second kappa shape index (κ2) is 6.59. The summed E-state index contributed by atoms with van der Waals surface area (Å²) in [5.41, 5.74) is 0.640. The van der Waals surface area contributed by atoms with Crippen molar-refractivity contribution in [3.63, 3.8) is 0 Å². The van der Waals surface area contributed by atoms with E-state index in [9.17, 15) is 9.90 Å². The van der Waals surface area contributed by atoms with Gasteiger partial charge < -0.3 is 15.5 Å². The van der Waals surface area contributed by atoms with E-state index in [4.69, 9.17) is 16.7 Å². The van der Waals surface area contributed by atoms with Crippen molar-refractivity contribution in [2.24, 2.45) is 0 Å². The highest BCUT2D eigenvalue weighted by Crippen LogP contribution is 2.18. The first-order valence-electron chi connectivity index (χ1n) is 5.36. The van der Waals surface area contributed by atoms with E-state index in [-0.39, 0.29) is 25.0 Å². The summed E-state index contributed by atoms with van der Waals surface area (Å²) in [4.78, 5) is 11.5. The molecule has 1 rings (SSSR count). The number of carbonyl (C=O) groups is 1. The highest BCUT2D eigenvalue weighted by molar-refractivity contribution is 6.30. The van der Waals surface area contributed by atoms with E-state index in [1.54, 1.807) is 31.2 Å². The van der Waals surface area contributed by atoms with Crippen LogP contribution < -0.4 is 5.32 Å². The van der Waals surface area contributed by atoms with Gasteiger partial charge in [0.15, 0.2) is 0 Å². The number of amides is 1. The van der Waals surface area contributed by atoms with Crippen molar-refractivity contribution in [1.29, 1.82) is 0 Å². The SMILES string of the molecule is CC(CO)NC(=O)CC(O)c1ccc(Cl)cc1. The summed E-state index contributed by atoms with van der Waals surface area (Å²) in [6, 6.07) is 6.37. The van der Waals surface area contributed by atoms with Gasteiger partial charge in [0.2, 0.25) is 5.91 Å². The number of nitrogens with one attached hydrogen (secondary N) is 1. The average molecular weight is 258 g/mol. The van der Waals surface area contributed by atoms with Gasteiger partial charge in [-0.1, -0.05) is 23.7 Å². The summed E-state index contributed by atoms with van der Waals surface area (Å²) in [7, 11) is 0. The highest BCUT2D eigenvalue weighted by Gasteiger charge is 2.14. The molecule has 0 saturated carbocycles. The molecule has 5 heteroatoms. The van der Waals surface area contributed by atoms with Crippen molar-refractivity contribution < 1.29 is 15.0 Å². The molecule has 0 aliphatic carbocycles. The predicted molar refractivity (Wildman–Crippen MR) is 65.7 cm³/mol. The Kier molecular flexibility index (Phi) is 5.41. The molecule has 1 aromatic carbocycles. The minimum atomic E-state index is -0.863. The Morgan fingerprint density at radius 2 is 2.00 bits per heavy atom. The topological polar surface area (TPSA) is 69.6 Å². The number of aliphatic hydroxyl groups is 2. The first-order valence-corrected chi connectivity index (χ1v) is 5.74. The smallest absolute Gasteiger partial charge is 0.223 e. The molecular weight excluding hydrogens is 242 g/mol. The summed E-state index contributed by atoms with van der Waals surface area (Å²) < 4.78 is 0. The van der Waals surface area contributed by atoms with Gasteiger partial charge in [-0.05, 0) is 24.6 Å². The van der Waals surface area contributed by atoms with Gasteiger partial charge in [0.1, 0.15) is 0 Å². The van der Waals surface area contributed by atoms with Gasteiger partial charge in [0.05, 0.1) is 19.1 Å². The lowest BCUT2D eigenvalue weighted by molar-refractivity contribution is -0.123. The van der Waals surface area contributed by atoms with Crippen LogP contribution in [0, 0.1) is 0 Å². The third kappa shape index (κ3) is 4.73. The molecule has 3 N–H and O–H groups in total. The Labute approximate surface area is 105 Å². The van der Waals surface area contributed by atoms with Crippen LogP contribution in [0.2, 0.25) is 5.02 Å². The first kappa shape index (κ1) is 14.0. The van der Waals surface area contributed by atoms with Crippen molar-refractivity contribution in [3.05, 3.63) is 34.9 Å². The molecule has 0 fully saturated rings. The van der Waals surface area contributed by atoms with E-state index in [0.717, 1.165) is 0 Å². The van der Waals surface area contributed by atoms with E-state index in [2.05, 4.69) is 5.32 Å². The molecule has 0 saturated heterocycles. The summed E-state index contributed by atoms with van der Waals surface area (Å²) in [6.45, 7) is 1.56. The van der Waals surface area contributed by atoms with E-state index >= 15 is 0 Å². The molecular formula is C12H16ClNO3. The first-order chi connectivity index (χ1) is 8.02. The molecule has 1 amide bonds. The summed E-state index contributed by atoms with van der Waals surface area (Å²) in [5.74, 6) is -0.297. The number of carbonyl (C=O) groups excluding carboxylic acids is 1. The number of aliphatic hydroxyl groups excluding tert-OH is 2. The fraction of sp³-hybridized carbons (Fsp3) is 0.417. The van der Waals surface area contributed by atoms with Crippen LogP contribution in [0.25, 0.3) is 0 Å². The predicted octanol–water partition coefficient (Wildman–Crippen LogP) is 1.26. The molecule has 4 nitrogen and oxygen atoms in total. The Morgan fingerprint density at radius 3 is 2.53 bits per heavy atom. The number of benzene rings is 1. The number of halogens is 1. The third-order valence-corrected chi connectivity index (χ3v) is 2.57. The molecule has 94 valence electrons.